The lowest BCUT2D eigenvalue weighted by atomic mass is 10.0. The molecule has 0 amide bonds. The summed E-state index contributed by atoms with van der Waals surface area (Å²) in [4.78, 5) is 4.22. The Morgan fingerprint density at radius 3 is 2.88 bits per heavy atom. The predicted octanol–water partition coefficient (Wildman–Crippen LogP) is 1.32. The molecular weight excluding hydrogens is 226 g/mol. The predicted molar refractivity (Wildman–Crippen MR) is 68.1 cm³/mol. The van der Waals surface area contributed by atoms with Crippen molar-refractivity contribution in [3.05, 3.63) is 18.2 Å². The molecule has 1 aliphatic rings. The van der Waals surface area contributed by atoms with Crippen molar-refractivity contribution in [1.29, 1.82) is 0 Å². The van der Waals surface area contributed by atoms with E-state index in [0.29, 0.717) is 0 Å². The van der Waals surface area contributed by atoms with Gasteiger partial charge in [0.2, 0.25) is 0 Å². The van der Waals surface area contributed by atoms with Gasteiger partial charge in [0.05, 0.1) is 0 Å². The third-order valence-electron chi connectivity index (χ3n) is 3.05. The highest BCUT2D eigenvalue weighted by molar-refractivity contribution is 5.85. The molecule has 1 unspecified atom stereocenters. The van der Waals surface area contributed by atoms with E-state index < -0.39 is 0 Å². The second-order valence-electron chi connectivity index (χ2n) is 4.10. The van der Waals surface area contributed by atoms with Crippen molar-refractivity contribution in [1.82, 2.24) is 14.9 Å². The Kier molecular flexibility index (Phi) is 7.38. The summed E-state index contributed by atoms with van der Waals surface area (Å²) < 4.78 is 2.23. The van der Waals surface area contributed by atoms with Gasteiger partial charge < -0.3 is 15.4 Å². The second-order valence-corrected chi connectivity index (χ2v) is 4.10. The van der Waals surface area contributed by atoms with Crippen molar-refractivity contribution in [3.8, 4) is 0 Å². The molecule has 0 aliphatic carbocycles. The third-order valence-corrected chi connectivity index (χ3v) is 3.05. The molecule has 0 aromatic carbocycles. The van der Waals surface area contributed by atoms with Gasteiger partial charge in [-0.25, -0.2) is 4.98 Å². The Labute approximate surface area is 103 Å². The van der Waals surface area contributed by atoms with E-state index in [0.717, 1.165) is 18.4 Å². The number of rotatable bonds is 3. The van der Waals surface area contributed by atoms with Crippen molar-refractivity contribution in [3.63, 3.8) is 0 Å². The number of piperidine rings is 1. The molecule has 5 heteroatoms. The van der Waals surface area contributed by atoms with Crippen molar-refractivity contribution >= 4 is 12.4 Å². The normalized spacial score (nSPS) is 19.7. The highest BCUT2D eigenvalue weighted by Gasteiger charge is 2.12. The Balaban J connectivity index is 0.00000112. The molecule has 3 N–H and O–H groups in total. The molecule has 0 bridgehead atoms. The molecule has 2 heterocycles. The maximum atomic E-state index is 4.22. The zero-order valence-corrected chi connectivity index (χ0v) is 10.6. The Morgan fingerprint density at radius 2 is 2.31 bits per heavy atom. The van der Waals surface area contributed by atoms with Crippen LogP contribution < -0.4 is 5.32 Å². The molecule has 1 atom stereocenters. The summed E-state index contributed by atoms with van der Waals surface area (Å²) in [6.07, 6.45) is 9.26. The smallest absolute Gasteiger partial charge is 0.105 e. The van der Waals surface area contributed by atoms with Crippen LogP contribution in [-0.4, -0.2) is 27.6 Å². The number of nitrogens with one attached hydrogen (secondary N) is 1. The molecule has 1 fully saturated rings. The zero-order valence-electron chi connectivity index (χ0n) is 9.78. The van der Waals surface area contributed by atoms with Gasteiger partial charge in [-0.3, -0.25) is 0 Å². The Bertz CT molecular complexity index is 285. The van der Waals surface area contributed by atoms with Gasteiger partial charge in [0.1, 0.15) is 5.82 Å². The van der Waals surface area contributed by atoms with E-state index in [4.69, 9.17) is 0 Å². The summed E-state index contributed by atoms with van der Waals surface area (Å²) in [6.45, 7) is 4.37. The Morgan fingerprint density at radius 1 is 1.50 bits per heavy atom. The van der Waals surface area contributed by atoms with Crippen molar-refractivity contribution in [2.24, 2.45) is 0 Å². The lowest BCUT2D eigenvalue weighted by Gasteiger charge is -2.23. The Hall–Kier alpha value is -0.580. The van der Waals surface area contributed by atoms with E-state index in [1.165, 1.54) is 32.2 Å². The number of aryl methyl sites for hydroxylation is 2. The lowest BCUT2D eigenvalue weighted by molar-refractivity contribution is 0.365. The lowest BCUT2D eigenvalue weighted by Crippen LogP contribution is -2.34. The van der Waals surface area contributed by atoms with E-state index in [2.05, 4.69) is 28.0 Å². The first kappa shape index (κ1) is 15.4. The van der Waals surface area contributed by atoms with Gasteiger partial charge in [-0.15, -0.1) is 12.4 Å². The van der Waals surface area contributed by atoms with Crippen LogP contribution in [0.2, 0.25) is 0 Å². The van der Waals surface area contributed by atoms with E-state index in [9.17, 15) is 0 Å². The third kappa shape index (κ3) is 4.12. The topological polar surface area (TPSA) is 61.4 Å². The molecule has 1 aliphatic heterocycles. The summed E-state index contributed by atoms with van der Waals surface area (Å²) in [6, 6.07) is 0.727. The first-order valence-corrected chi connectivity index (χ1v) is 5.57. The van der Waals surface area contributed by atoms with Gasteiger partial charge in [0, 0.05) is 25.0 Å². The van der Waals surface area contributed by atoms with Crippen LogP contribution in [0, 0.1) is 6.92 Å². The summed E-state index contributed by atoms with van der Waals surface area (Å²) in [5, 5.41) is 3.57. The van der Waals surface area contributed by atoms with Crippen LogP contribution in [0.15, 0.2) is 12.4 Å². The van der Waals surface area contributed by atoms with E-state index in [1.807, 2.05) is 6.20 Å². The summed E-state index contributed by atoms with van der Waals surface area (Å²) in [5.41, 5.74) is 0. The minimum absolute atomic E-state index is 0. The van der Waals surface area contributed by atoms with Gasteiger partial charge in [0.25, 0.3) is 0 Å². The molecule has 94 valence electrons. The molecule has 0 spiro atoms. The maximum absolute atomic E-state index is 4.22. The van der Waals surface area contributed by atoms with Crippen LogP contribution in [0.4, 0.5) is 0 Å². The highest BCUT2D eigenvalue weighted by Crippen LogP contribution is 2.11. The average Bonchev–Trinajstić information content (AvgIpc) is 2.63. The van der Waals surface area contributed by atoms with Crippen LogP contribution in [0.5, 0.6) is 0 Å². The van der Waals surface area contributed by atoms with Crippen molar-refractivity contribution in [2.45, 2.75) is 45.2 Å². The van der Waals surface area contributed by atoms with Crippen LogP contribution in [0.25, 0.3) is 0 Å². The maximum Gasteiger partial charge on any atom is 0.105 e. The largest absolute Gasteiger partial charge is 0.412 e. The average molecular weight is 248 g/mol. The van der Waals surface area contributed by atoms with Gasteiger partial charge in [-0.2, -0.15) is 0 Å². The molecular formula is C11H22ClN3O. The van der Waals surface area contributed by atoms with Crippen LogP contribution in [0.1, 0.15) is 31.5 Å². The van der Waals surface area contributed by atoms with E-state index >= 15 is 0 Å². The molecule has 2 rings (SSSR count). The molecule has 1 aromatic rings. The summed E-state index contributed by atoms with van der Waals surface area (Å²) >= 11 is 0. The number of halogens is 1. The van der Waals surface area contributed by atoms with E-state index in [-0.39, 0.29) is 17.9 Å². The standard InChI is InChI=1S/C11H19N3.ClH.H2O/c1-10-12-7-9-14(10)8-5-11-4-2-3-6-13-11;;/h7,9,11,13H,2-6,8H2,1H3;1H;1H2. The molecule has 4 nitrogen and oxygen atoms in total. The fourth-order valence-electron chi connectivity index (χ4n) is 2.11. The van der Waals surface area contributed by atoms with Gasteiger partial charge in [-0.1, -0.05) is 6.42 Å². The minimum Gasteiger partial charge on any atom is -0.412 e. The molecule has 1 saturated heterocycles. The SMILES string of the molecule is Cc1nccn1CCC1CCCCN1.Cl.O. The van der Waals surface area contributed by atoms with Crippen LogP contribution >= 0.6 is 12.4 Å². The summed E-state index contributed by atoms with van der Waals surface area (Å²) in [7, 11) is 0. The number of imidazole rings is 1. The zero-order chi connectivity index (χ0) is 9.80. The fourth-order valence-corrected chi connectivity index (χ4v) is 2.11. The number of hydrogen-bond donors (Lipinski definition) is 1. The number of nitrogens with zero attached hydrogens (tertiary/aromatic N) is 2. The monoisotopic (exact) mass is 247 g/mol. The second kappa shape index (κ2) is 7.65. The highest BCUT2D eigenvalue weighted by atomic mass is 35.5. The quantitative estimate of drug-likeness (QED) is 0.876. The van der Waals surface area contributed by atoms with Crippen LogP contribution in [0.3, 0.4) is 0 Å². The summed E-state index contributed by atoms with van der Waals surface area (Å²) in [5.74, 6) is 1.13. The fraction of sp³-hybridized carbons (Fsp3) is 0.727. The van der Waals surface area contributed by atoms with Gasteiger partial charge >= 0.3 is 0 Å². The number of hydrogen-bond acceptors (Lipinski definition) is 2. The first-order valence-electron chi connectivity index (χ1n) is 5.57. The van der Waals surface area contributed by atoms with Gasteiger partial charge in [-0.05, 0) is 32.7 Å². The van der Waals surface area contributed by atoms with Gasteiger partial charge in [0.15, 0.2) is 0 Å². The van der Waals surface area contributed by atoms with Crippen molar-refractivity contribution < 1.29 is 5.48 Å². The first-order chi connectivity index (χ1) is 6.86. The molecule has 0 radical (unpaired) electrons. The van der Waals surface area contributed by atoms with E-state index in [1.54, 1.807) is 0 Å². The molecule has 0 saturated carbocycles. The van der Waals surface area contributed by atoms with Crippen LogP contribution in [-0.2, 0) is 6.54 Å². The minimum atomic E-state index is 0. The van der Waals surface area contributed by atoms with Crippen molar-refractivity contribution in [2.75, 3.05) is 6.54 Å². The number of aromatic nitrogens is 2. The molecule has 16 heavy (non-hydrogen) atoms. The molecule has 1 aromatic heterocycles.